The maximum absolute atomic E-state index is 10.4. The van der Waals surface area contributed by atoms with Crippen LogP contribution in [0.3, 0.4) is 0 Å². The Morgan fingerprint density at radius 2 is 0.919 bits per heavy atom. The van der Waals surface area contributed by atoms with Crippen molar-refractivity contribution in [3.63, 3.8) is 0 Å². The standard InChI is InChI=1S/2C10H15N3O4.Co.2H2O/c2*1-11-2-3-12(8-11)4-5-13(6-9(14)15)7-10(16)17;;;/h2*2-3,8H,4-7H2,1H3,(H-,14,15,16,17);;2*1H2/q;;+2;;/p-2. The summed E-state index contributed by atoms with van der Waals surface area (Å²) in [7, 11) is 3.72. The Morgan fingerprint density at radius 3 is 1.11 bits per heavy atom. The molecule has 211 valence electrons. The first-order valence-electron chi connectivity index (χ1n) is 10.2. The van der Waals surface area contributed by atoms with Gasteiger partial charge in [-0.3, -0.25) is 9.80 Å². The third kappa shape index (κ3) is 18.6. The second-order valence-corrected chi connectivity index (χ2v) is 7.54. The number of hydrogen-bond acceptors (Lipinski definition) is 10. The largest absolute Gasteiger partial charge is 2.00 e. The Kier molecular flexibility index (Phi) is 20.4. The van der Waals surface area contributed by atoms with Crippen LogP contribution in [0.25, 0.3) is 0 Å². The number of carboxylic acid groups (broad SMARTS) is 4. The fourth-order valence-electron chi connectivity index (χ4n) is 2.94. The monoisotopic (exact) mass is 575 g/mol. The number of rotatable bonds is 14. The molecule has 17 heteroatoms. The van der Waals surface area contributed by atoms with Gasteiger partial charge in [-0.15, -0.1) is 0 Å². The maximum atomic E-state index is 10.4. The minimum Gasteiger partial charge on any atom is -0.549 e. The van der Waals surface area contributed by atoms with Gasteiger partial charge < -0.3 is 50.6 Å². The zero-order valence-corrected chi connectivity index (χ0v) is 21.4. The van der Waals surface area contributed by atoms with E-state index in [2.05, 4.69) is 0 Å². The zero-order chi connectivity index (χ0) is 25.7. The molecule has 0 unspecified atom stereocenters. The Balaban J connectivity index is -0.000000578. The van der Waals surface area contributed by atoms with E-state index < -0.39 is 50.1 Å². The summed E-state index contributed by atoms with van der Waals surface area (Å²) in [5, 5.41) is 41.7. The number of aryl methyl sites for hydroxylation is 2. The van der Waals surface area contributed by atoms with Gasteiger partial charge in [0.25, 0.3) is 0 Å². The van der Waals surface area contributed by atoms with Crippen LogP contribution in [0.5, 0.6) is 0 Å². The molecule has 0 aliphatic heterocycles. The number of hydrogen-bond donors (Lipinski definition) is 0. The molecule has 4 N–H and O–H groups in total. The molecule has 0 bridgehead atoms. The summed E-state index contributed by atoms with van der Waals surface area (Å²) in [4.78, 5) is 44.2. The molecular weight excluding hydrogens is 543 g/mol. The van der Waals surface area contributed by atoms with Crippen molar-refractivity contribution < 1.29 is 76.5 Å². The number of aromatic nitrogens is 4. The molecule has 0 saturated heterocycles. The fraction of sp³-hybridized carbons (Fsp3) is 0.500. The molecule has 0 amide bonds. The zero-order valence-electron chi connectivity index (χ0n) is 20.4. The maximum Gasteiger partial charge on any atom is 2.00 e. The Morgan fingerprint density at radius 1 is 0.649 bits per heavy atom. The molecule has 0 fully saturated rings. The van der Waals surface area contributed by atoms with Gasteiger partial charge in [-0.25, -0.2) is 18.3 Å². The number of imidazole rings is 2. The van der Waals surface area contributed by atoms with E-state index in [1.165, 1.54) is 9.80 Å². The summed E-state index contributed by atoms with van der Waals surface area (Å²) < 4.78 is 7.33. The predicted octanol–water partition coefficient (Wildman–Crippen LogP) is -9.42. The molecule has 1 radical (unpaired) electrons. The van der Waals surface area contributed by atoms with E-state index in [9.17, 15) is 39.6 Å². The van der Waals surface area contributed by atoms with Crippen molar-refractivity contribution in [2.75, 3.05) is 39.3 Å². The van der Waals surface area contributed by atoms with Crippen LogP contribution in [0.2, 0.25) is 0 Å². The van der Waals surface area contributed by atoms with Crippen LogP contribution >= 0.6 is 0 Å². The van der Waals surface area contributed by atoms with Crippen molar-refractivity contribution in [1.82, 2.24) is 18.9 Å². The van der Waals surface area contributed by atoms with Crippen molar-refractivity contribution in [3.05, 3.63) is 37.4 Å². The minimum absolute atomic E-state index is 0. The van der Waals surface area contributed by atoms with E-state index in [0.717, 1.165) is 0 Å². The molecule has 0 spiro atoms. The molecule has 0 saturated carbocycles. The summed E-state index contributed by atoms with van der Waals surface area (Å²) in [6.07, 6.45) is 10.9. The molecule has 16 nitrogen and oxygen atoms in total. The van der Waals surface area contributed by atoms with Crippen molar-refractivity contribution in [3.8, 4) is 0 Å². The van der Waals surface area contributed by atoms with Gasteiger partial charge in [0.05, 0.1) is 38.0 Å². The number of carbonyl (C=O) groups is 4. The molecule has 0 aliphatic carbocycles. The fourth-order valence-corrected chi connectivity index (χ4v) is 2.94. The summed E-state index contributed by atoms with van der Waals surface area (Å²) in [6.45, 7) is -0.0540. The summed E-state index contributed by atoms with van der Waals surface area (Å²) in [5.74, 6) is -5.21. The summed E-state index contributed by atoms with van der Waals surface area (Å²) >= 11 is 0. The van der Waals surface area contributed by atoms with E-state index >= 15 is 0 Å². The first-order chi connectivity index (χ1) is 15.9. The summed E-state index contributed by atoms with van der Waals surface area (Å²) in [5.41, 5.74) is 0. The van der Waals surface area contributed by atoms with E-state index in [1.54, 1.807) is 0 Å². The van der Waals surface area contributed by atoms with E-state index in [0.29, 0.717) is 26.2 Å². The second kappa shape index (κ2) is 19.8. The third-order valence-electron chi connectivity index (χ3n) is 4.41. The first-order valence-corrected chi connectivity index (χ1v) is 10.2. The van der Waals surface area contributed by atoms with Gasteiger partial charge in [0.1, 0.15) is 37.9 Å². The normalized spacial score (nSPS) is 9.84. The van der Waals surface area contributed by atoms with Gasteiger partial charge in [-0.05, 0) is 0 Å². The molecule has 37 heavy (non-hydrogen) atoms. The molecular formula is C20H32CoN6O10. The molecule has 0 atom stereocenters. The van der Waals surface area contributed by atoms with Gasteiger partial charge in [0.15, 0.2) is 0 Å². The van der Waals surface area contributed by atoms with Gasteiger partial charge in [-0.2, -0.15) is 0 Å². The van der Waals surface area contributed by atoms with Gasteiger partial charge in [0, 0.05) is 39.3 Å². The third-order valence-corrected chi connectivity index (χ3v) is 4.41. The topological polar surface area (TPSA) is 248 Å². The van der Waals surface area contributed by atoms with Crippen molar-refractivity contribution in [2.45, 2.75) is 13.1 Å². The first kappa shape index (κ1) is 38.2. The predicted molar refractivity (Wildman–Crippen MR) is 111 cm³/mol. The average molecular weight is 575 g/mol. The number of aliphatic carboxylic acids is 4. The number of carbonyl (C=O) groups excluding carboxylic acids is 4. The molecule has 0 aromatic carbocycles. The number of nitrogens with zero attached hydrogens (tertiary/aromatic N) is 6. The van der Waals surface area contributed by atoms with Gasteiger partial charge in [0.2, 0.25) is 12.7 Å². The van der Waals surface area contributed by atoms with Crippen LogP contribution in [-0.4, -0.2) is 93.0 Å². The van der Waals surface area contributed by atoms with E-state index in [1.807, 2.05) is 69.8 Å². The van der Waals surface area contributed by atoms with Gasteiger partial charge in [-0.1, -0.05) is 0 Å². The van der Waals surface area contributed by atoms with Crippen molar-refractivity contribution in [2.24, 2.45) is 14.1 Å². The molecule has 2 rings (SSSR count). The molecule has 0 aliphatic rings. The average Bonchev–Trinajstić information content (AvgIpc) is 3.31. The van der Waals surface area contributed by atoms with Crippen LogP contribution in [0.4, 0.5) is 0 Å². The van der Waals surface area contributed by atoms with E-state index in [4.69, 9.17) is 0 Å². The molecule has 2 heterocycles. The van der Waals surface area contributed by atoms with E-state index in [-0.39, 0.29) is 27.7 Å². The summed E-state index contributed by atoms with van der Waals surface area (Å²) in [6, 6.07) is 0. The van der Waals surface area contributed by atoms with Crippen LogP contribution in [0, 0.1) is 0 Å². The Hall–Kier alpha value is -3.35. The van der Waals surface area contributed by atoms with Crippen molar-refractivity contribution in [1.29, 1.82) is 0 Å². The van der Waals surface area contributed by atoms with Gasteiger partial charge >= 0.3 is 16.8 Å². The van der Waals surface area contributed by atoms with Crippen LogP contribution in [0.1, 0.15) is 0 Å². The smallest absolute Gasteiger partial charge is 0.549 e. The van der Waals surface area contributed by atoms with Crippen LogP contribution < -0.4 is 29.6 Å². The Bertz CT molecular complexity index is 859. The van der Waals surface area contributed by atoms with Crippen LogP contribution in [0.15, 0.2) is 37.4 Å². The molecule has 2 aromatic heterocycles. The number of carboxylic acids is 4. The Labute approximate surface area is 223 Å². The quantitative estimate of drug-likeness (QED) is 0.192. The second-order valence-electron chi connectivity index (χ2n) is 7.54. The van der Waals surface area contributed by atoms with Crippen molar-refractivity contribution >= 4 is 23.9 Å². The molecule has 2 aromatic rings. The minimum atomic E-state index is -1.30. The van der Waals surface area contributed by atoms with Crippen LogP contribution in [-0.2, 0) is 63.1 Å². The SMILES string of the molecule is C[n+]1ccn(CCN(CC(=O)[O-])CC(=O)[O-])c1.C[n+]1ccn(CCN(CC(=O)[O-])CC(=O)[O-])c1.O.O.[Co+2].